The van der Waals surface area contributed by atoms with E-state index in [-0.39, 0.29) is 6.10 Å². The number of fused-ring (bicyclic) bond motifs is 1. The molecule has 1 N–H and O–H groups in total. The first kappa shape index (κ1) is 13.1. The quantitative estimate of drug-likeness (QED) is 0.910. The predicted molar refractivity (Wildman–Crippen MR) is 73.5 cm³/mol. The minimum atomic E-state index is -0.237. The number of aryl methyl sites for hydroxylation is 1. The predicted octanol–water partition coefficient (Wildman–Crippen LogP) is 2.33. The van der Waals surface area contributed by atoms with Crippen molar-refractivity contribution < 1.29 is 5.11 Å². The smallest absolute Gasteiger partial charge is 0.0852 e. The normalized spacial score (nSPS) is 32.8. The highest BCUT2D eigenvalue weighted by Crippen LogP contribution is 2.43. The highest BCUT2D eigenvalue weighted by molar-refractivity contribution is 4.96. The molecule has 0 aliphatic heterocycles. The van der Waals surface area contributed by atoms with Crippen molar-refractivity contribution in [3.8, 4) is 0 Å². The van der Waals surface area contributed by atoms with Gasteiger partial charge in [-0.1, -0.05) is 30.9 Å². The fourth-order valence-corrected chi connectivity index (χ4v) is 4.13. The lowest BCUT2D eigenvalue weighted by Crippen LogP contribution is -2.34. The summed E-state index contributed by atoms with van der Waals surface area (Å²) in [5.41, 5.74) is 0.917. The maximum Gasteiger partial charge on any atom is 0.0852 e. The summed E-state index contributed by atoms with van der Waals surface area (Å²) in [7, 11) is 1.87. The summed E-state index contributed by atoms with van der Waals surface area (Å²) in [6.07, 6.45) is 11.7. The van der Waals surface area contributed by atoms with E-state index in [4.69, 9.17) is 0 Å². The fraction of sp³-hybridized carbons (Fsp3) is 0.867. The SMILES string of the molecule is Cn1cc(CC(O)C2CCC3CCCCC3C2)nn1. The second-order valence-corrected chi connectivity index (χ2v) is 6.53. The summed E-state index contributed by atoms with van der Waals surface area (Å²) in [6, 6.07) is 0. The van der Waals surface area contributed by atoms with Crippen LogP contribution in [0.4, 0.5) is 0 Å². The molecule has 0 amide bonds. The molecule has 19 heavy (non-hydrogen) atoms. The van der Waals surface area contributed by atoms with E-state index in [0.29, 0.717) is 12.3 Å². The molecular formula is C15H25N3O. The van der Waals surface area contributed by atoms with E-state index in [9.17, 15) is 5.11 Å². The van der Waals surface area contributed by atoms with Gasteiger partial charge in [0.25, 0.3) is 0 Å². The molecule has 1 heterocycles. The lowest BCUT2D eigenvalue weighted by atomic mass is 9.66. The first-order valence-corrected chi connectivity index (χ1v) is 7.75. The standard InChI is InChI=1S/C15H25N3O/c1-18-10-14(16-17-18)9-15(19)13-7-6-11-4-2-3-5-12(11)8-13/h10-13,15,19H,2-9H2,1H3. The topological polar surface area (TPSA) is 50.9 Å². The number of rotatable bonds is 3. The first-order valence-electron chi connectivity index (χ1n) is 7.75. The summed E-state index contributed by atoms with van der Waals surface area (Å²) < 4.78 is 1.71. The molecule has 0 bridgehead atoms. The summed E-state index contributed by atoms with van der Waals surface area (Å²) in [5.74, 6) is 2.30. The number of nitrogens with zero attached hydrogens (tertiary/aromatic N) is 3. The Morgan fingerprint density at radius 1 is 1.26 bits per heavy atom. The van der Waals surface area contributed by atoms with Crippen LogP contribution in [0.3, 0.4) is 0 Å². The Morgan fingerprint density at radius 2 is 2.05 bits per heavy atom. The summed E-state index contributed by atoms with van der Waals surface area (Å²) in [4.78, 5) is 0. The van der Waals surface area contributed by atoms with Gasteiger partial charge >= 0.3 is 0 Å². The minimum Gasteiger partial charge on any atom is -0.392 e. The van der Waals surface area contributed by atoms with Crippen molar-refractivity contribution in [2.45, 2.75) is 57.5 Å². The van der Waals surface area contributed by atoms with Crippen LogP contribution in [0, 0.1) is 17.8 Å². The van der Waals surface area contributed by atoms with E-state index >= 15 is 0 Å². The second-order valence-electron chi connectivity index (χ2n) is 6.53. The van der Waals surface area contributed by atoms with Crippen molar-refractivity contribution >= 4 is 0 Å². The van der Waals surface area contributed by atoms with Gasteiger partial charge in [0.05, 0.1) is 11.8 Å². The number of aliphatic hydroxyl groups is 1. The molecule has 2 saturated carbocycles. The summed E-state index contributed by atoms with van der Waals surface area (Å²) in [5, 5.41) is 18.5. The van der Waals surface area contributed by atoms with Crippen molar-refractivity contribution in [2.24, 2.45) is 24.8 Å². The maximum atomic E-state index is 10.4. The molecule has 0 spiro atoms. The van der Waals surface area contributed by atoms with Gasteiger partial charge in [-0.15, -0.1) is 5.10 Å². The molecule has 3 rings (SSSR count). The largest absolute Gasteiger partial charge is 0.392 e. The van der Waals surface area contributed by atoms with Gasteiger partial charge in [-0.25, -0.2) is 0 Å². The van der Waals surface area contributed by atoms with Crippen molar-refractivity contribution in [1.82, 2.24) is 15.0 Å². The maximum absolute atomic E-state index is 10.4. The van der Waals surface area contributed by atoms with Crippen LogP contribution in [0.25, 0.3) is 0 Å². The molecule has 2 fully saturated rings. The van der Waals surface area contributed by atoms with Gasteiger partial charge < -0.3 is 5.11 Å². The van der Waals surface area contributed by atoms with Gasteiger partial charge in [-0.3, -0.25) is 4.68 Å². The fourth-order valence-electron chi connectivity index (χ4n) is 4.13. The highest BCUT2D eigenvalue weighted by Gasteiger charge is 2.34. The third-order valence-electron chi connectivity index (χ3n) is 5.19. The molecule has 2 aliphatic carbocycles. The van der Waals surface area contributed by atoms with Gasteiger partial charge in [0.2, 0.25) is 0 Å². The van der Waals surface area contributed by atoms with Crippen LogP contribution in [0.5, 0.6) is 0 Å². The number of hydrogen-bond acceptors (Lipinski definition) is 3. The van der Waals surface area contributed by atoms with E-state index < -0.39 is 0 Å². The van der Waals surface area contributed by atoms with E-state index in [0.717, 1.165) is 17.5 Å². The van der Waals surface area contributed by atoms with E-state index in [1.807, 2.05) is 13.2 Å². The molecular weight excluding hydrogens is 238 g/mol. The Kier molecular flexibility index (Phi) is 3.87. The van der Waals surface area contributed by atoms with Crippen molar-refractivity contribution in [1.29, 1.82) is 0 Å². The average Bonchev–Trinajstić information content (AvgIpc) is 2.83. The van der Waals surface area contributed by atoms with Gasteiger partial charge in [0, 0.05) is 19.7 Å². The first-order chi connectivity index (χ1) is 9.22. The van der Waals surface area contributed by atoms with Gasteiger partial charge in [-0.05, 0) is 37.0 Å². The molecule has 4 heteroatoms. The Balaban J connectivity index is 1.56. The van der Waals surface area contributed by atoms with E-state index in [2.05, 4.69) is 10.3 Å². The van der Waals surface area contributed by atoms with Crippen LogP contribution in [-0.4, -0.2) is 26.2 Å². The van der Waals surface area contributed by atoms with Crippen LogP contribution in [0.15, 0.2) is 6.20 Å². The Morgan fingerprint density at radius 3 is 2.79 bits per heavy atom. The Labute approximate surface area is 115 Å². The van der Waals surface area contributed by atoms with Crippen LogP contribution in [0.1, 0.15) is 50.6 Å². The van der Waals surface area contributed by atoms with E-state index in [1.54, 1.807) is 4.68 Å². The summed E-state index contributed by atoms with van der Waals surface area (Å²) >= 11 is 0. The van der Waals surface area contributed by atoms with Crippen molar-refractivity contribution in [2.75, 3.05) is 0 Å². The lowest BCUT2D eigenvalue weighted by molar-refractivity contribution is 0.0356. The van der Waals surface area contributed by atoms with Crippen LogP contribution in [0.2, 0.25) is 0 Å². The van der Waals surface area contributed by atoms with Gasteiger partial charge in [0.1, 0.15) is 0 Å². The summed E-state index contributed by atoms with van der Waals surface area (Å²) in [6.45, 7) is 0. The third-order valence-corrected chi connectivity index (χ3v) is 5.19. The molecule has 0 aromatic carbocycles. The minimum absolute atomic E-state index is 0.237. The van der Waals surface area contributed by atoms with Gasteiger partial charge in [-0.2, -0.15) is 0 Å². The molecule has 4 nitrogen and oxygen atoms in total. The van der Waals surface area contributed by atoms with Crippen molar-refractivity contribution in [3.63, 3.8) is 0 Å². The zero-order valence-corrected chi connectivity index (χ0v) is 11.8. The molecule has 1 aromatic rings. The highest BCUT2D eigenvalue weighted by atomic mass is 16.3. The zero-order valence-electron chi connectivity index (χ0n) is 11.8. The van der Waals surface area contributed by atoms with E-state index in [1.165, 1.54) is 44.9 Å². The number of aliphatic hydroxyl groups excluding tert-OH is 1. The van der Waals surface area contributed by atoms with Crippen LogP contribution >= 0.6 is 0 Å². The third kappa shape index (κ3) is 2.99. The molecule has 106 valence electrons. The average molecular weight is 263 g/mol. The van der Waals surface area contributed by atoms with Crippen LogP contribution in [-0.2, 0) is 13.5 Å². The Bertz CT molecular complexity index is 417. The van der Waals surface area contributed by atoms with Crippen LogP contribution < -0.4 is 0 Å². The monoisotopic (exact) mass is 263 g/mol. The number of hydrogen-bond donors (Lipinski definition) is 1. The number of aromatic nitrogens is 3. The second kappa shape index (κ2) is 5.61. The molecule has 0 radical (unpaired) electrons. The lowest BCUT2D eigenvalue weighted by Gasteiger charge is -2.40. The Hall–Kier alpha value is -0.900. The molecule has 4 unspecified atom stereocenters. The molecule has 0 saturated heterocycles. The van der Waals surface area contributed by atoms with Crippen molar-refractivity contribution in [3.05, 3.63) is 11.9 Å². The zero-order chi connectivity index (χ0) is 13.2. The molecule has 1 aromatic heterocycles. The molecule has 4 atom stereocenters. The van der Waals surface area contributed by atoms with Gasteiger partial charge in [0.15, 0.2) is 0 Å². The molecule has 2 aliphatic rings.